The number of benzene rings is 2. The molecule has 132 valence electrons. The van der Waals surface area contributed by atoms with Crippen LogP contribution in [0, 0.1) is 5.82 Å². The monoisotopic (exact) mass is 344 g/mol. The zero-order chi connectivity index (χ0) is 18.0. The van der Waals surface area contributed by atoms with E-state index in [1.165, 1.54) is 30.3 Å². The van der Waals surface area contributed by atoms with Gasteiger partial charge in [0.1, 0.15) is 23.4 Å². The van der Waals surface area contributed by atoms with Crippen molar-refractivity contribution in [3.8, 4) is 11.5 Å². The number of carbonyl (C=O) groups excluding carboxylic acids is 1. The average molecular weight is 344 g/mol. The van der Waals surface area contributed by atoms with Crippen molar-refractivity contribution in [2.75, 3.05) is 13.1 Å². The van der Waals surface area contributed by atoms with Gasteiger partial charge in [0.15, 0.2) is 0 Å². The van der Waals surface area contributed by atoms with Crippen LogP contribution in [0.4, 0.5) is 4.39 Å². The summed E-state index contributed by atoms with van der Waals surface area (Å²) in [5, 5.41) is 19.4. The summed E-state index contributed by atoms with van der Waals surface area (Å²) in [6, 6.07) is 9.44. The Morgan fingerprint density at radius 3 is 2.36 bits per heavy atom. The smallest absolute Gasteiger partial charge is 0.244 e. The van der Waals surface area contributed by atoms with E-state index in [0.29, 0.717) is 31.5 Å². The largest absolute Gasteiger partial charge is 0.508 e. The molecule has 2 aromatic rings. The minimum absolute atomic E-state index is 0.0270. The lowest BCUT2D eigenvalue weighted by Crippen LogP contribution is -2.42. The van der Waals surface area contributed by atoms with Crippen LogP contribution in [-0.2, 0) is 4.79 Å². The number of rotatable bonds is 3. The number of phenols is 2. The number of amides is 1. The first kappa shape index (κ1) is 17.2. The van der Waals surface area contributed by atoms with E-state index in [4.69, 9.17) is 5.73 Å². The van der Waals surface area contributed by atoms with Crippen LogP contribution in [0.3, 0.4) is 0 Å². The molecule has 5 nitrogen and oxygen atoms in total. The van der Waals surface area contributed by atoms with Crippen LogP contribution in [0.25, 0.3) is 0 Å². The van der Waals surface area contributed by atoms with Crippen LogP contribution < -0.4 is 5.73 Å². The summed E-state index contributed by atoms with van der Waals surface area (Å²) in [4.78, 5) is 14.3. The average Bonchev–Trinajstić information content (AvgIpc) is 2.61. The number of hydrogen-bond donors (Lipinski definition) is 3. The number of nitrogens with zero attached hydrogens (tertiary/aromatic N) is 1. The van der Waals surface area contributed by atoms with Gasteiger partial charge in [-0.25, -0.2) is 4.39 Å². The lowest BCUT2D eigenvalue weighted by Gasteiger charge is -2.34. The Bertz CT molecular complexity index is 756. The third-order valence-electron chi connectivity index (χ3n) is 4.76. The van der Waals surface area contributed by atoms with Crippen molar-refractivity contribution in [3.05, 3.63) is 59.4 Å². The number of carbonyl (C=O) groups is 1. The molecule has 1 aliphatic heterocycles. The molecule has 1 atom stereocenters. The fourth-order valence-electron chi connectivity index (χ4n) is 3.30. The molecule has 1 saturated heterocycles. The van der Waals surface area contributed by atoms with Gasteiger partial charge in [-0.1, -0.05) is 18.2 Å². The Morgan fingerprint density at radius 1 is 1.12 bits per heavy atom. The van der Waals surface area contributed by atoms with Gasteiger partial charge in [0, 0.05) is 19.2 Å². The molecule has 0 aliphatic carbocycles. The third kappa shape index (κ3) is 3.74. The van der Waals surface area contributed by atoms with E-state index >= 15 is 0 Å². The van der Waals surface area contributed by atoms with Crippen LogP contribution in [-0.4, -0.2) is 34.1 Å². The summed E-state index contributed by atoms with van der Waals surface area (Å²) in [5.41, 5.74) is 7.40. The number of nitrogens with two attached hydrogens (primary N) is 1. The van der Waals surface area contributed by atoms with Gasteiger partial charge in [-0.05, 0) is 48.1 Å². The van der Waals surface area contributed by atoms with Crippen LogP contribution in [0.15, 0.2) is 42.5 Å². The molecule has 0 bridgehead atoms. The fraction of sp³-hybridized carbons (Fsp3) is 0.316. The Labute approximate surface area is 145 Å². The molecule has 1 fully saturated rings. The fourth-order valence-corrected chi connectivity index (χ4v) is 3.30. The maximum Gasteiger partial charge on any atom is 0.244 e. The molecule has 1 heterocycles. The standard InChI is InChI=1S/C19H21FN2O3/c20-14-3-1-13(2-4-14)18(21)19(25)22-9-7-12(8-10-22)16-6-5-15(23)11-17(16)24/h1-6,11-12,18,23-24H,7-10,21H2/t18-/m1/s1. The minimum Gasteiger partial charge on any atom is -0.508 e. The summed E-state index contributed by atoms with van der Waals surface area (Å²) in [6.45, 7) is 1.08. The highest BCUT2D eigenvalue weighted by molar-refractivity contribution is 5.83. The summed E-state index contributed by atoms with van der Waals surface area (Å²) < 4.78 is 13.0. The summed E-state index contributed by atoms with van der Waals surface area (Å²) >= 11 is 0. The van der Waals surface area contributed by atoms with Crippen molar-refractivity contribution in [2.24, 2.45) is 5.73 Å². The second kappa shape index (κ2) is 7.11. The molecule has 0 aromatic heterocycles. The molecule has 4 N–H and O–H groups in total. The van der Waals surface area contributed by atoms with Crippen LogP contribution in [0.1, 0.15) is 35.9 Å². The zero-order valence-electron chi connectivity index (χ0n) is 13.7. The number of likely N-dealkylation sites (tertiary alicyclic amines) is 1. The molecule has 6 heteroatoms. The van der Waals surface area contributed by atoms with Gasteiger partial charge in [0.25, 0.3) is 0 Å². The highest BCUT2D eigenvalue weighted by Gasteiger charge is 2.28. The van der Waals surface area contributed by atoms with Crippen molar-refractivity contribution in [3.63, 3.8) is 0 Å². The predicted molar refractivity (Wildman–Crippen MR) is 91.7 cm³/mol. The van der Waals surface area contributed by atoms with Crippen LogP contribution >= 0.6 is 0 Å². The molecule has 3 rings (SSSR count). The number of phenolic OH excluding ortho intramolecular Hbond substituents is 2. The Kier molecular flexibility index (Phi) is 4.90. The van der Waals surface area contributed by atoms with Gasteiger partial charge in [-0.2, -0.15) is 0 Å². The summed E-state index contributed by atoms with van der Waals surface area (Å²) in [5.74, 6) is -0.309. The maximum atomic E-state index is 13.0. The predicted octanol–water partition coefficient (Wildman–Crippen LogP) is 2.64. The quantitative estimate of drug-likeness (QED) is 0.799. The van der Waals surface area contributed by atoms with E-state index < -0.39 is 6.04 Å². The molecule has 0 spiro atoms. The van der Waals surface area contributed by atoms with Gasteiger partial charge in [-0.15, -0.1) is 0 Å². The van der Waals surface area contributed by atoms with Gasteiger partial charge in [0.05, 0.1) is 0 Å². The summed E-state index contributed by atoms with van der Waals surface area (Å²) in [6.07, 6.45) is 1.42. The molecule has 2 aromatic carbocycles. The van der Waals surface area contributed by atoms with Gasteiger partial charge >= 0.3 is 0 Å². The van der Waals surface area contributed by atoms with Crippen molar-refractivity contribution >= 4 is 5.91 Å². The Balaban J connectivity index is 1.63. The molecular formula is C19H21FN2O3. The molecule has 1 aliphatic rings. The molecule has 1 amide bonds. The van der Waals surface area contributed by atoms with E-state index in [2.05, 4.69) is 0 Å². The van der Waals surface area contributed by atoms with Crippen molar-refractivity contribution in [1.82, 2.24) is 4.90 Å². The first-order valence-electron chi connectivity index (χ1n) is 8.27. The van der Waals surface area contributed by atoms with Crippen molar-refractivity contribution in [1.29, 1.82) is 0 Å². The van der Waals surface area contributed by atoms with Crippen LogP contribution in [0.2, 0.25) is 0 Å². The minimum atomic E-state index is -0.806. The van der Waals surface area contributed by atoms with E-state index in [1.807, 2.05) is 0 Å². The van der Waals surface area contributed by atoms with Gasteiger partial charge in [0.2, 0.25) is 5.91 Å². The second-order valence-corrected chi connectivity index (χ2v) is 6.37. The van der Waals surface area contributed by atoms with E-state index in [1.54, 1.807) is 17.0 Å². The van der Waals surface area contributed by atoms with Gasteiger partial charge in [-0.3, -0.25) is 4.79 Å². The highest BCUT2D eigenvalue weighted by atomic mass is 19.1. The summed E-state index contributed by atoms with van der Waals surface area (Å²) in [7, 11) is 0. The Morgan fingerprint density at radius 2 is 1.76 bits per heavy atom. The molecular weight excluding hydrogens is 323 g/mol. The zero-order valence-corrected chi connectivity index (χ0v) is 13.7. The topological polar surface area (TPSA) is 86.8 Å². The van der Waals surface area contributed by atoms with E-state index in [9.17, 15) is 19.4 Å². The number of aromatic hydroxyl groups is 2. The number of piperidine rings is 1. The lowest BCUT2D eigenvalue weighted by molar-refractivity contribution is -0.133. The SMILES string of the molecule is N[C@@H](C(=O)N1CCC(c2ccc(O)cc2O)CC1)c1ccc(F)cc1. The van der Waals surface area contributed by atoms with Crippen molar-refractivity contribution < 1.29 is 19.4 Å². The first-order chi connectivity index (χ1) is 12.0. The molecule has 0 saturated carbocycles. The Hall–Kier alpha value is -2.60. The highest BCUT2D eigenvalue weighted by Crippen LogP contribution is 2.35. The molecule has 25 heavy (non-hydrogen) atoms. The van der Waals surface area contributed by atoms with Gasteiger partial charge < -0.3 is 20.8 Å². The number of hydrogen-bond acceptors (Lipinski definition) is 4. The van der Waals surface area contributed by atoms with Crippen LogP contribution in [0.5, 0.6) is 11.5 Å². The second-order valence-electron chi connectivity index (χ2n) is 6.37. The molecule has 0 radical (unpaired) electrons. The first-order valence-corrected chi connectivity index (χ1v) is 8.27. The van der Waals surface area contributed by atoms with Crippen molar-refractivity contribution in [2.45, 2.75) is 24.8 Å². The third-order valence-corrected chi connectivity index (χ3v) is 4.76. The molecule has 0 unspecified atom stereocenters. The van der Waals surface area contributed by atoms with E-state index in [0.717, 1.165) is 5.56 Å². The van der Waals surface area contributed by atoms with E-state index in [-0.39, 0.29) is 29.1 Å². The normalized spacial score (nSPS) is 16.6. The maximum absolute atomic E-state index is 13.0. The number of halogens is 1. The lowest BCUT2D eigenvalue weighted by atomic mass is 9.88.